The van der Waals surface area contributed by atoms with Gasteiger partial charge in [0, 0.05) is 55.9 Å². The zero-order valence-electron chi connectivity index (χ0n) is 14.3. The lowest BCUT2D eigenvalue weighted by atomic mass is 10.1. The lowest BCUT2D eigenvalue weighted by Gasteiger charge is -2.34. The van der Waals surface area contributed by atoms with Crippen LogP contribution in [0.4, 0.5) is 5.95 Å². The molecule has 1 saturated heterocycles. The highest BCUT2D eigenvalue weighted by molar-refractivity contribution is 5.94. The van der Waals surface area contributed by atoms with Gasteiger partial charge in [-0.25, -0.2) is 9.97 Å². The van der Waals surface area contributed by atoms with E-state index in [0.29, 0.717) is 18.7 Å². The molecule has 0 saturated carbocycles. The summed E-state index contributed by atoms with van der Waals surface area (Å²) in [4.78, 5) is 29.6. The van der Waals surface area contributed by atoms with Gasteiger partial charge in [0.05, 0.1) is 5.69 Å². The summed E-state index contributed by atoms with van der Waals surface area (Å²) in [5, 5.41) is 0. The van der Waals surface area contributed by atoms with Crippen LogP contribution in [0.3, 0.4) is 0 Å². The smallest absolute Gasteiger partial charge is 0.253 e. The number of anilines is 1. The number of benzene rings is 1. The molecule has 0 bridgehead atoms. The molecule has 0 spiro atoms. The van der Waals surface area contributed by atoms with E-state index in [1.807, 2.05) is 47.4 Å². The van der Waals surface area contributed by atoms with Crippen LogP contribution >= 0.6 is 0 Å². The molecule has 0 atom stereocenters. The zero-order valence-corrected chi connectivity index (χ0v) is 14.3. The summed E-state index contributed by atoms with van der Waals surface area (Å²) in [6.45, 7) is 2.81. The Kier molecular flexibility index (Phi) is 4.55. The maximum absolute atomic E-state index is 12.8. The molecular formula is C20H19N5O. The predicted molar refractivity (Wildman–Crippen MR) is 99.8 cm³/mol. The number of aromatic nitrogens is 3. The van der Waals surface area contributed by atoms with Crippen LogP contribution in [0.1, 0.15) is 10.4 Å². The highest BCUT2D eigenvalue weighted by atomic mass is 16.2. The Labute approximate surface area is 152 Å². The zero-order chi connectivity index (χ0) is 17.8. The van der Waals surface area contributed by atoms with E-state index in [1.165, 1.54) is 0 Å². The number of hydrogen-bond acceptors (Lipinski definition) is 5. The van der Waals surface area contributed by atoms with Gasteiger partial charge in [-0.05, 0) is 30.3 Å². The van der Waals surface area contributed by atoms with Gasteiger partial charge in [-0.1, -0.05) is 18.2 Å². The molecule has 0 radical (unpaired) electrons. The average molecular weight is 345 g/mol. The number of rotatable bonds is 3. The topological polar surface area (TPSA) is 62.2 Å². The summed E-state index contributed by atoms with van der Waals surface area (Å²) < 4.78 is 0. The lowest BCUT2D eigenvalue weighted by Crippen LogP contribution is -2.49. The van der Waals surface area contributed by atoms with E-state index >= 15 is 0 Å². The van der Waals surface area contributed by atoms with Gasteiger partial charge in [-0.3, -0.25) is 9.78 Å². The molecule has 0 unspecified atom stereocenters. The third-order valence-corrected chi connectivity index (χ3v) is 4.49. The number of piperazine rings is 1. The molecule has 130 valence electrons. The Morgan fingerprint density at radius 3 is 2.12 bits per heavy atom. The van der Waals surface area contributed by atoms with E-state index in [4.69, 9.17) is 0 Å². The Bertz CT molecular complexity index is 860. The molecule has 1 aliphatic rings. The van der Waals surface area contributed by atoms with Crippen molar-refractivity contribution in [3.8, 4) is 11.3 Å². The highest BCUT2D eigenvalue weighted by Crippen LogP contribution is 2.18. The Balaban J connectivity index is 1.41. The molecule has 1 aromatic carbocycles. The van der Waals surface area contributed by atoms with E-state index in [9.17, 15) is 4.79 Å². The quantitative estimate of drug-likeness (QED) is 0.730. The summed E-state index contributed by atoms with van der Waals surface area (Å²) >= 11 is 0. The molecule has 0 aliphatic carbocycles. The molecule has 6 nitrogen and oxygen atoms in total. The number of pyridine rings is 1. The molecule has 0 N–H and O–H groups in total. The molecule has 1 fully saturated rings. The fourth-order valence-corrected chi connectivity index (χ4v) is 3.06. The molecule has 26 heavy (non-hydrogen) atoms. The first-order valence-corrected chi connectivity index (χ1v) is 8.64. The summed E-state index contributed by atoms with van der Waals surface area (Å²) in [5.41, 5.74) is 2.62. The fourth-order valence-electron chi connectivity index (χ4n) is 3.06. The van der Waals surface area contributed by atoms with Crippen LogP contribution in [0.5, 0.6) is 0 Å². The molecule has 3 aromatic rings. The maximum atomic E-state index is 12.8. The van der Waals surface area contributed by atoms with Crippen LogP contribution in [0.15, 0.2) is 67.1 Å². The summed E-state index contributed by atoms with van der Waals surface area (Å²) in [6, 6.07) is 15.3. The van der Waals surface area contributed by atoms with Crippen molar-refractivity contribution in [3.05, 3.63) is 72.7 Å². The van der Waals surface area contributed by atoms with Crippen LogP contribution in [0.2, 0.25) is 0 Å². The van der Waals surface area contributed by atoms with Gasteiger partial charge in [0.2, 0.25) is 5.95 Å². The Hall–Kier alpha value is -3.28. The Morgan fingerprint density at radius 1 is 0.769 bits per heavy atom. The maximum Gasteiger partial charge on any atom is 0.253 e. The van der Waals surface area contributed by atoms with Crippen LogP contribution in [-0.4, -0.2) is 51.9 Å². The number of nitrogens with zero attached hydrogens (tertiary/aromatic N) is 5. The van der Waals surface area contributed by atoms with E-state index in [1.54, 1.807) is 24.7 Å². The number of carbonyl (C=O) groups excluding carboxylic acids is 1. The number of amides is 1. The van der Waals surface area contributed by atoms with E-state index in [0.717, 1.165) is 30.3 Å². The van der Waals surface area contributed by atoms with Crippen LogP contribution in [-0.2, 0) is 0 Å². The van der Waals surface area contributed by atoms with Crippen molar-refractivity contribution in [2.45, 2.75) is 0 Å². The van der Waals surface area contributed by atoms with Crippen molar-refractivity contribution in [2.24, 2.45) is 0 Å². The van der Waals surface area contributed by atoms with Crippen molar-refractivity contribution in [2.75, 3.05) is 31.1 Å². The fraction of sp³-hybridized carbons (Fsp3) is 0.200. The van der Waals surface area contributed by atoms with E-state index in [2.05, 4.69) is 19.9 Å². The monoisotopic (exact) mass is 345 g/mol. The van der Waals surface area contributed by atoms with Gasteiger partial charge in [0.15, 0.2) is 0 Å². The lowest BCUT2D eigenvalue weighted by molar-refractivity contribution is 0.0746. The van der Waals surface area contributed by atoms with Gasteiger partial charge in [-0.2, -0.15) is 0 Å². The SMILES string of the molecule is O=C(c1ccc(-c2ccccn2)cc1)N1CCN(c2ncccn2)CC1. The largest absolute Gasteiger partial charge is 0.337 e. The van der Waals surface area contributed by atoms with Crippen LogP contribution in [0.25, 0.3) is 11.3 Å². The number of carbonyl (C=O) groups is 1. The minimum absolute atomic E-state index is 0.0613. The molecule has 3 heterocycles. The first-order valence-electron chi connectivity index (χ1n) is 8.64. The van der Waals surface area contributed by atoms with E-state index in [-0.39, 0.29) is 5.91 Å². The average Bonchev–Trinajstić information content (AvgIpc) is 2.75. The minimum Gasteiger partial charge on any atom is -0.337 e. The minimum atomic E-state index is 0.0613. The van der Waals surface area contributed by atoms with Crippen molar-refractivity contribution >= 4 is 11.9 Å². The third-order valence-electron chi connectivity index (χ3n) is 4.49. The van der Waals surface area contributed by atoms with Gasteiger partial charge < -0.3 is 9.80 Å². The molecule has 2 aromatic heterocycles. The second-order valence-electron chi connectivity index (χ2n) is 6.12. The van der Waals surface area contributed by atoms with Gasteiger partial charge in [-0.15, -0.1) is 0 Å². The predicted octanol–water partition coefficient (Wildman–Crippen LogP) is 2.50. The van der Waals surface area contributed by atoms with Crippen LogP contribution in [0, 0.1) is 0 Å². The third kappa shape index (κ3) is 3.39. The summed E-state index contributed by atoms with van der Waals surface area (Å²) in [5.74, 6) is 0.783. The molecule has 6 heteroatoms. The first-order chi connectivity index (χ1) is 12.8. The second-order valence-corrected chi connectivity index (χ2v) is 6.12. The van der Waals surface area contributed by atoms with Crippen molar-refractivity contribution in [3.63, 3.8) is 0 Å². The van der Waals surface area contributed by atoms with Crippen molar-refractivity contribution in [1.29, 1.82) is 0 Å². The first kappa shape index (κ1) is 16.2. The van der Waals surface area contributed by atoms with Gasteiger partial charge in [0.1, 0.15) is 0 Å². The Morgan fingerprint density at radius 2 is 1.46 bits per heavy atom. The van der Waals surface area contributed by atoms with Crippen molar-refractivity contribution in [1.82, 2.24) is 19.9 Å². The van der Waals surface area contributed by atoms with Crippen LogP contribution < -0.4 is 4.90 Å². The molecular weight excluding hydrogens is 326 g/mol. The molecule has 1 aliphatic heterocycles. The number of hydrogen-bond donors (Lipinski definition) is 0. The molecule has 4 rings (SSSR count). The normalized spacial score (nSPS) is 14.3. The van der Waals surface area contributed by atoms with Gasteiger partial charge in [0.25, 0.3) is 5.91 Å². The summed E-state index contributed by atoms with van der Waals surface area (Å²) in [7, 11) is 0. The molecule has 1 amide bonds. The van der Waals surface area contributed by atoms with E-state index < -0.39 is 0 Å². The summed E-state index contributed by atoms with van der Waals surface area (Å²) in [6.07, 6.45) is 5.25. The van der Waals surface area contributed by atoms with Crippen molar-refractivity contribution < 1.29 is 4.79 Å². The standard InChI is InChI=1S/C20H19N5O/c26-19(17-7-5-16(6-8-17)18-4-1-2-9-21-18)24-12-14-25(15-13-24)20-22-10-3-11-23-20/h1-11H,12-15H2. The van der Waals surface area contributed by atoms with Gasteiger partial charge >= 0.3 is 0 Å². The highest BCUT2D eigenvalue weighted by Gasteiger charge is 2.23. The second kappa shape index (κ2) is 7.31.